The van der Waals surface area contributed by atoms with Gasteiger partial charge in [0.1, 0.15) is 16.2 Å². The molecule has 4 heterocycles. The van der Waals surface area contributed by atoms with Gasteiger partial charge in [-0.3, -0.25) is 0 Å². The summed E-state index contributed by atoms with van der Waals surface area (Å²) in [6, 6.07) is 22.9. The molecule has 0 bridgehead atoms. The molecule has 6 rings (SSSR count). The van der Waals surface area contributed by atoms with Crippen molar-refractivity contribution in [2.24, 2.45) is 0 Å². The second-order valence-electron chi connectivity index (χ2n) is 7.30. The van der Waals surface area contributed by atoms with Gasteiger partial charge in [-0.05, 0) is 61.0 Å². The van der Waals surface area contributed by atoms with Crippen molar-refractivity contribution in [1.82, 2.24) is 9.97 Å². The second kappa shape index (κ2) is 6.47. The van der Waals surface area contributed by atoms with Crippen LogP contribution in [0.5, 0.6) is 0 Å². The van der Waals surface area contributed by atoms with Crippen molar-refractivity contribution >= 4 is 43.6 Å². The maximum absolute atomic E-state index is 13.3. The van der Waals surface area contributed by atoms with Crippen molar-refractivity contribution in [1.29, 1.82) is 0 Å². The number of nitrogens with zero attached hydrogens (tertiary/aromatic N) is 2. The Kier molecular flexibility index (Phi) is 3.73. The highest BCUT2D eigenvalue weighted by atomic mass is 32.1. The van der Waals surface area contributed by atoms with Crippen molar-refractivity contribution in [3.8, 4) is 21.7 Å². The molecule has 0 saturated carbocycles. The Hall–Kier alpha value is -3.57. The van der Waals surface area contributed by atoms with Crippen LogP contribution in [-0.2, 0) is 0 Å². The van der Waals surface area contributed by atoms with E-state index >= 15 is 0 Å². The van der Waals surface area contributed by atoms with Crippen molar-refractivity contribution in [2.45, 2.75) is 6.92 Å². The van der Waals surface area contributed by atoms with Gasteiger partial charge < -0.3 is 4.42 Å². The van der Waals surface area contributed by atoms with Crippen molar-refractivity contribution in [3.05, 3.63) is 84.3 Å². The Morgan fingerprint density at radius 2 is 1.73 bits per heavy atom. The quantitative estimate of drug-likeness (QED) is 0.299. The van der Waals surface area contributed by atoms with Crippen LogP contribution in [0, 0.1) is 12.7 Å². The number of hydrogen-bond acceptors (Lipinski definition) is 4. The minimum Gasteiger partial charge on any atom is -0.437 e. The lowest BCUT2D eigenvalue weighted by Crippen LogP contribution is -1.83. The first-order valence-electron chi connectivity index (χ1n) is 9.61. The zero-order valence-electron chi connectivity index (χ0n) is 16.0. The van der Waals surface area contributed by atoms with E-state index in [1.54, 1.807) is 23.5 Å². The largest absolute Gasteiger partial charge is 0.437 e. The lowest BCUT2D eigenvalue weighted by molar-refractivity contribution is 0.628. The van der Waals surface area contributed by atoms with Gasteiger partial charge in [0.2, 0.25) is 5.71 Å². The Labute approximate surface area is 175 Å². The first-order valence-corrected chi connectivity index (χ1v) is 10.4. The lowest BCUT2D eigenvalue weighted by Gasteiger charge is -2.02. The summed E-state index contributed by atoms with van der Waals surface area (Å²) in [5.74, 6) is -0.233. The molecule has 0 atom stereocenters. The molecule has 0 fully saturated rings. The van der Waals surface area contributed by atoms with Crippen LogP contribution >= 0.6 is 11.3 Å². The molecule has 5 heteroatoms. The average Bonchev–Trinajstić information content (AvgIpc) is 3.34. The lowest BCUT2D eigenvalue weighted by atomic mass is 10.1. The average molecular weight is 410 g/mol. The molecule has 0 aliphatic rings. The predicted molar refractivity (Wildman–Crippen MR) is 120 cm³/mol. The molecule has 0 aliphatic carbocycles. The van der Waals surface area contributed by atoms with E-state index in [1.807, 2.05) is 31.2 Å². The number of pyridine rings is 2. The summed E-state index contributed by atoms with van der Waals surface area (Å²) >= 11 is 1.60. The minimum absolute atomic E-state index is 0.233. The monoisotopic (exact) mass is 410 g/mol. The van der Waals surface area contributed by atoms with E-state index in [0.717, 1.165) is 54.0 Å². The van der Waals surface area contributed by atoms with E-state index in [9.17, 15) is 4.39 Å². The molecular weight excluding hydrogens is 395 g/mol. The Morgan fingerprint density at radius 3 is 2.60 bits per heavy atom. The molecule has 0 aliphatic heterocycles. The van der Waals surface area contributed by atoms with Crippen LogP contribution in [0.2, 0.25) is 0 Å². The fourth-order valence-electron chi connectivity index (χ4n) is 3.80. The third-order valence-corrected chi connectivity index (χ3v) is 6.38. The van der Waals surface area contributed by atoms with Crippen LogP contribution in [0.1, 0.15) is 5.69 Å². The topological polar surface area (TPSA) is 38.9 Å². The van der Waals surface area contributed by atoms with E-state index < -0.39 is 0 Å². The number of furan rings is 1. The zero-order valence-corrected chi connectivity index (χ0v) is 16.8. The van der Waals surface area contributed by atoms with Crippen molar-refractivity contribution in [2.75, 3.05) is 0 Å². The van der Waals surface area contributed by atoms with Gasteiger partial charge in [0.15, 0.2) is 0 Å². The fraction of sp³-hybridized carbons (Fsp3) is 0.0400. The number of aromatic nitrogens is 2. The third kappa shape index (κ3) is 2.70. The highest BCUT2D eigenvalue weighted by Crippen LogP contribution is 2.37. The minimum atomic E-state index is -0.233. The van der Waals surface area contributed by atoms with E-state index in [1.165, 1.54) is 12.1 Å². The van der Waals surface area contributed by atoms with E-state index in [-0.39, 0.29) is 5.82 Å². The molecule has 0 spiro atoms. The molecule has 0 unspecified atom stereocenters. The predicted octanol–water partition coefficient (Wildman–Crippen LogP) is 7.37. The number of thiophene rings is 1. The van der Waals surface area contributed by atoms with Gasteiger partial charge in [-0.1, -0.05) is 24.3 Å². The van der Waals surface area contributed by atoms with Crippen LogP contribution in [0.3, 0.4) is 0 Å². The fourth-order valence-corrected chi connectivity index (χ4v) is 4.83. The smallest absolute Gasteiger partial charge is 0.227 e. The van der Waals surface area contributed by atoms with Crippen LogP contribution in [0.15, 0.2) is 77.2 Å². The summed E-state index contributed by atoms with van der Waals surface area (Å²) in [6.45, 7) is 1.96. The molecule has 0 radical (unpaired) electrons. The molecule has 0 amide bonds. The molecule has 0 N–H and O–H groups in total. The standard InChI is InChI=1S/C25H15FN2OS/c1-14-5-11-19-18-3-2-4-20(23(18)29-24(19)27-14)21-12-8-16-13-22(30-25(16)28-21)15-6-9-17(26)10-7-15/h2-13H,1H3. The summed E-state index contributed by atoms with van der Waals surface area (Å²) < 4.78 is 19.4. The molecule has 30 heavy (non-hydrogen) atoms. The summed E-state index contributed by atoms with van der Waals surface area (Å²) in [6.07, 6.45) is 0. The zero-order chi connectivity index (χ0) is 20.2. The Morgan fingerprint density at radius 1 is 0.867 bits per heavy atom. The number of rotatable bonds is 2. The first-order chi connectivity index (χ1) is 14.7. The normalized spacial score (nSPS) is 11.7. The van der Waals surface area contributed by atoms with Crippen LogP contribution in [0.4, 0.5) is 4.39 Å². The van der Waals surface area contributed by atoms with Crippen LogP contribution in [-0.4, -0.2) is 9.97 Å². The maximum atomic E-state index is 13.3. The molecule has 4 aromatic heterocycles. The second-order valence-corrected chi connectivity index (χ2v) is 8.33. The number of fused-ring (bicyclic) bond motifs is 4. The number of halogens is 1. The highest BCUT2D eigenvalue weighted by Gasteiger charge is 2.15. The molecule has 144 valence electrons. The van der Waals surface area contributed by atoms with Gasteiger partial charge in [0, 0.05) is 32.3 Å². The van der Waals surface area contributed by atoms with Gasteiger partial charge in [0.25, 0.3) is 0 Å². The number of aryl methyl sites for hydroxylation is 1. The van der Waals surface area contributed by atoms with Gasteiger partial charge >= 0.3 is 0 Å². The van der Waals surface area contributed by atoms with Crippen molar-refractivity contribution < 1.29 is 8.81 Å². The molecule has 3 nitrogen and oxygen atoms in total. The van der Waals surface area contributed by atoms with E-state index in [0.29, 0.717) is 5.71 Å². The molecular formula is C25H15FN2OS. The number of hydrogen-bond donors (Lipinski definition) is 0. The summed E-state index contributed by atoms with van der Waals surface area (Å²) in [5, 5.41) is 3.11. The number of benzene rings is 2. The van der Waals surface area contributed by atoms with Crippen molar-refractivity contribution in [3.63, 3.8) is 0 Å². The van der Waals surface area contributed by atoms with Gasteiger partial charge in [-0.2, -0.15) is 0 Å². The third-order valence-electron chi connectivity index (χ3n) is 5.29. The first kappa shape index (κ1) is 17.3. The maximum Gasteiger partial charge on any atom is 0.227 e. The SMILES string of the molecule is Cc1ccc2c(n1)oc1c(-c3ccc4cc(-c5ccc(F)cc5)sc4n3)cccc12. The molecule has 0 saturated heterocycles. The Balaban J connectivity index is 1.51. The molecule has 2 aromatic carbocycles. The van der Waals surface area contributed by atoms with Crippen LogP contribution in [0.25, 0.3) is 54.0 Å². The van der Waals surface area contributed by atoms with E-state index in [4.69, 9.17) is 9.40 Å². The molecule has 6 aromatic rings. The highest BCUT2D eigenvalue weighted by molar-refractivity contribution is 7.21. The number of para-hydroxylation sites is 1. The van der Waals surface area contributed by atoms with Gasteiger partial charge in [0.05, 0.1) is 5.69 Å². The van der Waals surface area contributed by atoms with Gasteiger partial charge in [-0.25, -0.2) is 14.4 Å². The van der Waals surface area contributed by atoms with Crippen LogP contribution < -0.4 is 0 Å². The van der Waals surface area contributed by atoms with E-state index in [2.05, 4.69) is 29.2 Å². The summed E-state index contributed by atoms with van der Waals surface area (Å²) in [5.41, 5.74) is 5.16. The van der Waals surface area contributed by atoms with Gasteiger partial charge in [-0.15, -0.1) is 11.3 Å². The summed E-state index contributed by atoms with van der Waals surface area (Å²) in [7, 11) is 0. The Bertz CT molecular complexity index is 1560. The summed E-state index contributed by atoms with van der Waals surface area (Å²) in [4.78, 5) is 11.4.